The van der Waals surface area contributed by atoms with Crippen LogP contribution in [0.3, 0.4) is 0 Å². The van der Waals surface area contributed by atoms with Gasteiger partial charge in [0, 0.05) is 0 Å². The van der Waals surface area contributed by atoms with Crippen molar-refractivity contribution in [2.24, 2.45) is 0 Å². The summed E-state index contributed by atoms with van der Waals surface area (Å²) in [6, 6.07) is 10.7. The molecule has 2 aromatic rings. The van der Waals surface area contributed by atoms with Gasteiger partial charge >= 0.3 is 29.6 Å². The Kier molecular flexibility index (Phi) is 5.04. The molecule has 2 nitrogen and oxygen atoms in total. The van der Waals surface area contributed by atoms with E-state index in [0.29, 0.717) is 5.57 Å². The maximum Gasteiger partial charge on any atom is 1.00 e. The van der Waals surface area contributed by atoms with Gasteiger partial charge in [0.05, 0.1) is 5.97 Å². The quantitative estimate of drug-likeness (QED) is 0.440. The van der Waals surface area contributed by atoms with E-state index >= 15 is 0 Å². The van der Waals surface area contributed by atoms with Gasteiger partial charge in [0.1, 0.15) is 0 Å². The average molecular weight is 286 g/mol. The third-order valence-corrected chi connectivity index (χ3v) is 3.78. The number of aryl methyl sites for hydroxylation is 2. The van der Waals surface area contributed by atoms with Crippen LogP contribution in [0.25, 0.3) is 16.8 Å². The Morgan fingerprint density at radius 3 is 2.57 bits per heavy atom. The van der Waals surface area contributed by atoms with Gasteiger partial charge in [-0.15, -0.1) is 0 Å². The van der Waals surface area contributed by atoms with Crippen LogP contribution >= 0.6 is 0 Å². The molecule has 0 radical (unpaired) electrons. The van der Waals surface area contributed by atoms with E-state index in [2.05, 4.69) is 30.3 Å². The molecule has 0 heterocycles. The van der Waals surface area contributed by atoms with Crippen molar-refractivity contribution in [1.82, 2.24) is 0 Å². The summed E-state index contributed by atoms with van der Waals surface area (Å²) in [7, 11) is 0. The first-order valence-electron chi connectivity index (χ1n) is 6.76. The first kappa shape index (κ1) is 16.0. The summed E-state index contributed by atoms with van der Waals surface area (Å²) in [5, 5.41) is 13.1. The van der Waals surface area contributed by atoms with Crippen molar-refractivity contribution in [3.05, 3.63) is 64.7 Å². The molecule has 0 atom stereocenters. The first-order valence-corrected chi connectivity index (χ1v) is 6.76. The Morgan fingerprint density at radius 2 is 1.86 bits per heavy atom. The Morgan fingerprint density at radius 1 is 1.14 bits per heavy atom. The van der Waals surface area contributed by atoms with Crippen molar-refractivity contribution in [2.75, 3.05) is 0 Å². The molecule has 0 bridgehead atoms. The van der Waals surface area contributed by atoms with Crippen LogP contribution in [0.15, 0.2) is 48.1 Å². The molecule has 2 aromatic carbocycles. The molecule has 1 aliphatic carbocycles. The molecule has 0 N–H and O–H groups in total. The fraction of sp³-hybridized carbons (Fsp3) is 0.167. The van der Waals surface area contributed by atoms with E-state index in [9.17, 15) is 9.90 Å². The van der Waals surface area contributed by atoms with E-state index in [4.69, 9.17) is 0 Å². The van der Waals surface area contributed by atoms with E-state index in [1.165, 1.54) is 21.9 Å². The van der Waals surface area contributed by atoms with Crippen molar-refractivity contribution in [2.45, 2.75) is 19.8 Å². The Bertz CT molecular complexity index is 747. The summed E-state index contributed by atoms with van der Waals surface area (Å²) in [6.07, 6.45) is 7.12. The molecule has 0 saturated carbocycles. The number of carboxylic acid groups (broad SMARTS) is 1. The second-order valence-corrected chi connectivity index (χ2v) is 5.19. The topological polar surface area (TPSA) is 40.1 Å². The first-order chi connectivity index (χ1) is 9.65. The standard InChI is InChI=1S/C18H16O2.Na/c1-12(11-17(19)20)5-6-13-7-8-15-10-9-14-3-2-4-16(13)18(14)15;/h2-8,11H,9-10H2,1H3,(H,19,20);/q;+1/p-1. The van der Waals surface area contributed by atoms with Crippen LogP contribution in [-0.2, 0) is 17.6 Å². The van der Waals surface area contributed by atoms with Gasteiger partial charge in [-0.25, -0.2) is 0 Å². The zero-order valence-electron chi connectivity index (χ0n) is 12.3. The zero-order chi connectivity index (χ0) is 14.1. The monoisotopic (exact) mass is 286 g/mol. The molecule has 0 saturated heterocycles. The van der Waals surface area contributed by atoms with Gasteiger partial charge in [0.25, 0.3) is 0 Å². The molecule has 0 aliphatic heterocycles. The third kappa shape index (κ3) is 3.29. The summed E-state index contributed by atoms with van der Waals surface area (Å²) in [4.78, 5) is 10.5. The summed E-state index contributed by atoms with van der Waals surface area (Å²) >= 11 is 0. The number of benzene rings is 2. The Hall–Kier alpha value is -1.35. The fourth-order valence-electron chi connectivity index (χ4n) is 2.87. The number of hydrogen-bond acceptors (Lipinski definition) is 2. The van der Waals surface area contributed by atoms with Gasteiger partial charge in [-0.05, 0) is 58.9 Å². The maximum absolute atomic E-state index is 10.5. The second kappa shape index (κ2) is 6.61. The second-order valence-electron chi connectivity index (χ2n) is 5.19. The van der Waals surface area contributed by atoms with Crippen LogP contribution in [-0.4, -0.2) is 5.97 Å². The average Bonchev–Trinajstić information content (AvgIpc) is 2.83. The predicted molar refractivity (Wildman–Crippen MR) is 79.2 cm³/mol. The smallest absolute Gasteiger partial charge is 0.545 e. The number of allylic oxidation sites excluding steroid dienone is 2. The van der Waals surface area contributed by atoms with Gasteiger partial charge in [0.15, 0.2) is 0 Å². The van der Waals surface area contributed by atoms with Crippen LogP contribution in [0.4, 0.5) is 0 Å². The summed E-state index contributed by atoms with van der Waals surface area (Å²) in [5.74, 6) is -1.16. The minimum Gasteiger partial charge on any atom is -0.545 e. The molecule has 3 rings (SSSR count). The zero-order valence-corrected chi connectivity index (χ0v) is 14.3. The predicted octanol–water partition coefficient (Wildman–Crippen LogP) is -0.348. The molecule has 3 heteroatoms. The molecule has 21 heavy (non-hydrogen) atoms. The van der Waals surface area contributed by atoms with Gasteiger partial charge < -0.3 is 9.90 Å². The molecule has 1 aliphatic rings. The van der Waals surface area contributed by atoms with Crippen LogP contribution in [0.1, 0.15) is 23.6 Å². The Balaban J connectivity index is 0.00000161. The van der Waals surface area contributed by atoms with E-state index in [0.717, 1.165) is 24.5 Å². The normalized spacial score (nSPS) is 13.7. The van der Waals surface area contributed by atoms with Gasteiger partial charge in [-0.2, -0.15) is 0 Å². The summed E-state index contributed by atoms with van der Waals surface area (Å²) in [5.41, 5.74) is 4.62. The minimum atomic E-state index is -1.16. The van der Waals surface area contributed by atoms with Crippen LogP contribution in [0, 0.1) is 0 Å². The number of rotatable bonds is 3. The van der Waals surface area contributed by atoms with Gasteiger partial charge in [-0.3, -0.25) is 0 Å². The number of carboxylic acids is 1. The van der Waals surface area contributed by atoms with Crippen molar-refractivity contribution in [1.29, 1.82) is 0 Å². The van der Waals surface area contributed by atoms with E-state index in [-0.39, 0.29) is 29.6 Å². The third-order valence-electron chi connectivity index (χ3n) is 3.78. The molecule has 100 valence electrons. The maximum atomic E-state index is 10.5. The molecule has 0 fully saturated rings. The van der Waals surface area contributed by atoms with E-state index in [1.54, 1.807) is 6.92 Å². The van der Waals surface area contributed by atoms with Crippen molar-refractivity contribution < 1.29 is 39.5 Å². The minimum absolute atomic E-state index is 0. The molecule has 0 amide bonds. The largest absolute Gasteiger partial charge is 1.00 e. The summed E-state index contributed by atoms with van der Waals surface area (Å²) < 4.78 is 0. The van der Waals surface area contributed by atoms with Gasteiger partial charge in [-0.1, -0.05) is 42.5 Å². The van der Waals surface area contributed by atoms with Crippen LogP contribution in [0.2, 0.25) is 0 Å². The van der Waals surface area contributed by atoms with Crippen molar-refractivity contribution in [3.63, 3.8) is 0 Å². The van der Waals surface area contributed by atoms with Crippen LogP contribution in [0.5, 0.6) is 0 Å². The van der Waals surface area contributed by atoms with Crippen molar-refractivity contribution in [3.8, 4) is 0 Å². The fourth-order valence-corrected chi connectivity index (χ4v) is 2.87. The molecule has 0 aromatic heterocycles. The molecular weight excluding hydrogens is 271 g/mol. The molecule has 0 unspecified atom stereocenters. The van der Waals surface area contributed by atoms with E-state index in [1.807, 2.05) is 12.2 Å². The molecule has 0 spiro atoms. The molecular formula is C18H15NaO2. The number of carbonyl (C=O) groups is 1. The SMILES string of the molecule is CC(C=Cc1ccc2c3c(cccc13)CC2)=CC(=O)[O-].[Na+]. The number of hydrogen-bond donors (Lipinski definition) is 0. The van der Waals surface area contributed by atoms with Gasteiger partial charge in [0.2, 0.25) is 0 Å². The number of aliphatic carboxylic acids is 1. The summed E-state index contributed by atoms with van der Waals surface area (Å²) in [6.45, 7) is 1.76. The van der Waals surface area contributed by atoms with E-state index < -0.39 is 5.97 Å². The van der Waals surface area contributed by atoms with Crippen LogP contribution < -0.4 is 34.7 Å². The Labute approximate surface area is 146 Å². The number of carbonyl (C=O) groups excluding carboxylic acids is 1. The van der Waals surface area contributed by atoms with Crippen molar-refractivity contribution >= 4 is 22.8 Å².